The van der Waals surface area contributed by atoms with E-state index in [0.717, 1.165) is 0 Å². The summed E-state index contributed by atoms with van der Waals surface area (Å²) in [4.78, 5) is 0. The Labute approximate surface area is 457 Å². The van der Waals surface area contributed by atoms with E-state index in [1.807, 2.05) is 41.5 Å². The third kappa shape index (κ3) is 112. The summed E-state index contributed by atoms with van der Waals surface area (Å²) in [5, 5.41) is 91.2. The van der Waals surface area contributed by atoms with Crippen LogP contribution in [0.25, 0.3) is 20.5 Å². The molecule has 0 aromatic carbocycles. The van der Waals surface area contributed by atoms with Gasteiger partial charge in [-0.3, -0.25) is 0 Å². The minimum atomic E-state index is -2.75. The summed E-state index contributed by atoms with van der Waals surface area (Å²) in [6.07, 6.45) is 0. The molecule has 0 radical (unpaired) electrons. The van der Waals surface area contributed by atoms with E-state index < -0.39 is 79.7 Å². The molecule has 22 heteroatoms. The van der Waals surface area contributed by atoms with Gasteiger partial charge in [0.1, 0.15) is 32.9 Å². The Morgan fingerprint density at radius 3 is 0.439 bits per heavy atom. The molecule has 0 unspecified atom stereocenters. The predicted molar refractivity (Wildman–Crippen MR) is 297 cm³/mol. The van der Waals surface area contributed by atoms with Crippen molar-refractivity contribution in [1.82, 2.24) is 8.00 Å². The fourth-order valence-electron chi connectivity index (χ4n) is 4.45. The van der Waals surface area contributed by atoms with Crippen LogP contribution in [0, 0.1) is 0 Å². The third-order valence-electron chi connectivity index (χ3n) is 3.92. The largest absolute Gasteiger partial charge is 0.850 e. The van der Waals surface area contributed by atoms with Crippen molar-refractivity contribution < 1.29 is 72.8 Å². The second-order valence-corrected chi connectivity index (χ2v) is 55.3. The number of hydrogen-bond donors (Lipinski definition) is 0. The second kappa shape index (κ2) is 33.8. The zero-order chi connectivity index (χ0) is 55.6. The fourth-order valence-corrected chi connectivity index (χ4v) is 45.6. The third-order valence-corrected chi connectivity index (χ3v) is 33.6. The standard InChI is InChI=1S/2C10H27N3PSSi2.6C4H9O.2W/c2*1-10(2,3)12-14(11,15)13(16(4,5)6)17(7,8)9;6*1-4(2,3)5;;/h2*1-9H3;6*1-3H3;;/q2*-3;6*-1;;/t2*14-;;;;;;;;/m11......../s1. The monoisotopic (exact) mass is 1420 g/mol. The first-order valence-corrected chi connectivity index (χ1v) is 41.2. The van der Waals surface area contributed by atoms with Crippen LogP contribution >= 0.6 is 13.1 Å². The van der Waals surface area contributed by atoms with Gasteiger partial charge in [0, 0.05) is 42.1 Å². The van der Waals surface area contributed by atoms with Crippen LogP contribution in [0.3, 0.4) is 0 Å². The van der Waals surface area contributed by atoms with Gasteiger partial charge in [-0.1, -0.05) is 245 Å². The van der Waals surface area contributed by atoms with Crippen molar-refractivity contribution in [3.63, 3.8) is 0 Å². The van der Waals surface area contributed by atoms with Crippen molar-refractivity contribution in [2.24, 2.45) is 0 Å². The average molecular weight is 1420 g/mol. The van der Waals surface area contributed by atoms with Crippen LogP contribution in [0.2, 0.25) is 78.6 Å². The topological polar surface area (TPSA) is 218 Å². The van der Waals surface area contributed by atoms with E-state index in [-0.39, 0.29) is 53.2 Å². The molecule has 0 aliphatic heterocycles. The zero-order valence-electron chi connectivity index (χ0n) is 49.7. The molecular formula is C44H108N6O6P2S2Si4W2-12. The van der Waals surface area contributed by atoms with Gasteiger partial charge in [-0.2, -0.15) is 0 Å². The average Bonchev–Trinajstić information content (AvgIpc) is 2.62. The van der Waals surface area contributed by atoms with Gasteiger partial charge in [-0.05, 0) is 0 Å². The minimum Gasteiger partial charge on any atom is -0.850 e. The van der Waals surface area contributed by atoms with E-state index in [4.69, 9.17) is 24.5 Å². The van der Waals surface area contributed by atoms with Crippen LogP contribution in [0.1, 0.15) is 166 Å². The van der Waals surface area contributed by atoms with Crippen molar-refractivity contribution in [3.8, 4) is 0 Å². The van der Waals surface area contributed by atoms with Gasteiger partial charge in [0.25, 0.3) is 0 Å². The molecule has 0 bridgehead atoms. The van der Waals surface area contributed by atoms with Gasteiger partial charge >= 0.3 is 0 Å². The normalized spacial score (nSPS) is 14.9. The van der Waals surface area contributed by atoms with Crippen molar-refractivity contribution in [2.45, 2.75) is 289 Å². The van der Waals surface area contributed by atoms with E-state index in [2.05, 4.69) is 96.7 Å². The summed E-state index contributed by atoms with van der Waals surface area (Å²) in [7, 11) is -6.64. The smallest absolute Gasteiger partial charge is 0.111 e. The van der Waals surface area contributed by atoms with Crippen LogP contribution in [0.4, 0.5) is 0 Å². The van der Waals surface area contributed by atoms with Crippen LogP contribution in [-0.2, 0) is 66.6 Å². The maximum atomic E-state index is 10.7. The Bertz CT molecular complexity index is 1100. The molecule has 0 rings (SSSR count). The van der Waals surface area contributed by atoms with Gasteiger partial charge in [0.05, 0.1) is 0 Å². The molecule has 0 aromatic heterocycles. The molecule has 0 N–H and O–H groups in total. The Balaban J connectivity index is -0.0000000733. The first kappa shape index (κ1) is 91.7. The Hall–Kier alpha value is 3.00. The maximum Gasteiger partial charge on any atom is 0.111 e. The van der Waals surface area contributed by atoms with Crippen LogP contribution in [-0.4, -0.2) is 85.6 Å². The molecule has 0 fully saturated rings. The zero-order valence-corrected chi connectivity index (χ0v) is 62.9. The van der Waals surface area contributed by atoms with Gasteiger partial charge in [-0.15, -0.1) is 44.7 Å². The molecule has 0 spiro atoms. The summed E-state index contributed by atoms with van der Waals surface area (Å²) in [5.41, 5.74) is -5.05. The summed E-state index contributed by atoms with van der Waals surface area (Å²) in [6, 6.07) is 0. The Kier molecular flexibility index (Phi) is 47.0. The first-order valence-electron chi connectivity index (χ1n) is 22.1. The molecule has 0 saturated heterocycles. The second-order valence-electron chi connectivity index (χ2n) is 27.5. The minimum absolute atomic E-state index is 0. The number of nitrogens with zero attached hydrogens (tertiary/aromatic N) is 6. The van der Waals surface area contributed by atoms with E-state index in [1.165, 1.54) is 0 Å². The van der Waals surface area contributed by atoms with Crippen molar-refractivity contribution in [3.05, 3.63) is 20.5 Å². The molecule has 0 aliphatic rings. The maximum absolute atomic E-state index is 10.7. The van der Waals surface area contributed by atoms with Crippen LogP contribution in [0.15, 0.2) is 0 Å². The summed E-state index contributed by atoms with van der Waals surface area (Å²) < 4.78 is 4.52. The molecule has 0 saturated carbocycles. The molecule has 0 amide bonds. The molecule has 412 valence electrons. The van der Waals surface area contributed by atoms with E-state index in [1.54, 1.807) is 125 Å². The van der Waals surface area contributed by atoms with Gasteiger partial charge in [0.15, 0.2) is 0 Å². The van der Waals surface area contributed by atoms with Gasteiger partial charge in [-0.25, -0.2) is 0 Å². The van der Waals surface area contributed by atoms with Crippen LogP contribution in [0.5, 0.6) is 0 Å². The van der Waals surface area contributed by atoms with Crippen molar-refractivity contribution in [2.75, 3.05) is 0 Å². The van der Waals surface area contributed by atoms with E-state index >= 15 is 0 Å². The fraction of sp³-hybridized carbons (Fsp3) is 1.00. The molecule has 66 heavy (non-hydrogen) atoms. The van der Waals surface area contributed by atoms with Crippen molar-refractivity contribution >= 4 is 70.6 Å². The Morgan fingerprint density at radius 2 is 0.394 bits per heavy atom. The number of rotatable bonds is 8. The summed E-state index contributed by atoms with van der Waals surface area (Å²) >= 11 is 11.0. The van der Waals surface area contributed by atoms with Crippen molar-refractivity contribution in [1.29, 1.82) is 0 Å². The van der Waals surface area contributed by atoms with Gasteiger partial charge in [0.2, 0.25) is 0 Å². The molecule has 0 heterocycles. The summed E-state index contributed by atoms with van der Waals surface area (Å²) in [6.45, 7) is 62.7. The first-order chi connectivity index (χ1) is 26.1. The SMILES string of the molecule is CC(C)(C)[N-][P@@](=[N-])([S-])N([Si](C)(C)C)[Si](C)(C)C.CC(C)(C)[N-][P@@](=[N-])([S-])N([Si](C)(C)C)[Si](C)(C)C.CC(C)(C)[O-].CC(C)(C)[O-].CC(C)(C)[O-].CC(C)(C)[O-].CC(C)(C)[O-].CC(C)(C)[O-].[W].[W]. The van der Waals surface area contributed by atoms with Crippen LogP contribution < -0.4 is 30.6 Å². The summed E-state index contributed by atoms with van der Waals surface area (Å²) in [5.74, 6) is 0. The predicted octanol–water partition coefficient (Wildman–Crippen LogP) is 11.3. The molecular weight excluding hydrogens is 1310 g/mol. The van der Waals surface area contributed by atoms with E-state index in [9.17, 15) is 41.0 Å². The quantitative estimate of drug-likeness (QED) is 0.127. The molecule has 0 aromatic rings. The molecule has 12 nitrogen and oxygen atoms in total. The molecule has 2 atom stereocenters. The van der Waals surface area contributed by atoms with E-state index in [0.29, 0.717) is 0 Å². The van der Waals surface area contributed by atoms with Gasteiger partial charge < -0.3 is 96.8 Å². The number of hydrogen-bond acceptors (Lipinski definition) is 8. The Morgan fingerprint density at radius 1 is 0.318 bits per heavy atom. The molecule has 0 aliphatic carbocycles.